The van der Waals surface area contributed by atoms with Gasteiger partial charge in [0, 0.05) is 17.6 Å². The Morgan fingerprint density at radius 1 is 0.970 bits per heavy atom. The number of hydrogen-bond acceptors (Lipinski definition) is 2. The van der Waals surface area contributed by atoms with Gasteiger partial charge in [0.1, 0.15) is 0 Å². The van der Waals surface area contributed by atoms with Gasteiger partial charge in [-0.05, 0) is 61.5 Å². The van der Waals surface area contributed by atoms with Crippen LogP contribution >= 0.6 is 11.6 Å². The molecular weight excluding hydrogens is 434 g/mol. The third-order valence-electron chi connectivity index (χ3n) is 5.59. The van der Waals surface area contributed by atoms with E-state index < -0.39 is 0 Å². The Morgan fingerprint density at radius 3 is 2.55 bits per heavy atom. The molecule has 0 saturated carbocycles. The number of nitrogens with one attached hydrogen (secondary N) is 2. The number of fused-ring (bicyclic) bond motifs is 1. The number of pyridine rings is 1. The Labute approximate surface area is 198 Å². The van der Waals surface area contributed by atoms with Gasteiger partial charge in [-0.15, -0.1) is 0 Å². The first-order valence-corrected chi connectivity index (χ1v) is 11.3. The van der Waals surface area contributed by atoms with Gasteiger partial charge in [-0.1, -0.05) is 65.2 Å². The summed E-state index contributed by atoms with van der Waals surface area (Å²) in [5, 5.41) is 4.29. The molecule has 0 aliphatic rings. The van der Waals surface area contributed by atoms with E-state index in [4.69, 9.17) is 11.6 Å². The highest BCUT2D eigenvalue weighted by molar-refractivity contribution is 6.33. The number of aromatic amines is 1. The number of rotatable bonds is 6. The molecule has 0 bridgehead atoms. The molecule has 0 fully saturated rings. The van der Waals surface area contributed by atoms with Crippen molar-refractivity contribution in [2.75, 3.05) is 11.9 Å². The number of anilines is 1. The summed E-state index contributed by atoms with van der Waals surface area (Å²) in [6, 6.07) is 22.8. The maximum atomic E-state index is 13.2. The molecule has 168 valence electrons. The lowest BCUT2D eigenvalue weighted by Gasteiger charge is -2.23. The Hall–Kier alpha value is -3.57. The molecule has 5 nitrogen and oxygen atoms in total. The number of hydrogen-bond donors (Lipinski definition) is 2. The SMILES string of the molecule is Cc1cccc(CCN(Cc2cc3cc(C)ccc3[nH]c2=O)C(=O)Nc2ccccc2Cl)c1. The zero-order valence-electron chi connectivity index (χ0n) is 18.7. The lowest BCUT2D eigenvalue weighted by Crippen LogP contribution is -2.37. The molecule has 4 rings (SSSR count). The van der Waals surface area contributed by atoms with Crippen LogP contribution in [0, 0.1) is 13.8 Å². The maximum Gasteiger partial charge on any atom is 0.322 e. The van der Waals surface area contributed by atoms with Crippen LogP contribution in [0.3, 0.4) is 0 Å². The number of nitrogens with zero attached hydrogens (tertiary/aromatic N) is 1. The van der Waals surface area contributed by atoms with Crippen LogP contribution in [0.15, 0.2) is 77.6 Å². The summed E-state index contributed by atoms with van der Waals surface area (Å²) in [6.45, 7) is 4.68. The van der Waals surface area contributed by atoms with Gasteiger partial charge in [-0.3, -0.25) is 4.79 Å². The van der Waals surface area contributed by atoms with Gasteiger partial charge in [0.2, 0.25) is 0 Å². The molecule has 3 aromatic carbocycles. The van der Waals surface area contributed by atoms with Crippen LogP contribution in [-0.4, -0.2) is 22.5 Å². The van der Waals surface area contributed by atoms with Crippen molar-refractivity contribution in [3.05, 3.63) is 110 Å². The number of carbonyl (C=O) groups excluding carboxylic acids is 1. The summed E-state index contributed by atoms with van der Waals surface area (Å²) in [5.74, 6) is 0. The molecule has 0 spiro atoms. The predicted molar refractivity (Wildman–Crippen MR) is 135 cm³/mol. The summed E-state index contributed by atoms with van der Waals surface area (Å²) in [6.07, 6.45) is 0.669. The molecule has 0 atom stereocenters. The first-order valence-electron chi connectivity index (χ1n) is 10.9. The molecule has 0 unspecified atom stereocenters. The van der Waals surface area contributed by atoms with Crippen LogP contribution in [0.1, 0.15) is 22.3 Å². The Balaban J connectivity index is 1.62. The Morgan fingerprint density at radius 2 is 1.76 bits per heavy atom. The fraction of sp³-hybridized carbons (Fsp3) is 0.185. The number of para-hydroxylation sites is 1. The number of benzene rings is 3. The molecule has 0 saturated heterocycles. The Bertz CT molecular complexity index is 1360. The van der Waals surface area contributed by atoms with Gasteiger partial charge in [-0.25, -0.2) is 4.79 Å². The second kappa shape index (κ2) is 9.92. The molecule has 1 heterocycles. The molecule has 1 aromatic heterocycles. The van der Waals surface area contributed by atoms with Gasteiger partial charge in [-0.2, -0.15) is 0 Å². The van der Waals surface area contributed by atoms with Crippen molar-refractivity contribution < 1.29 is 4.79 Å². The van der Waals surface area contributed by atoms with Crippen LogP contribution in [-0.2, 0) is 13.0 Å². The van der Waals surface area contributed by atoms with Crippen molar-refractivity contribution in [3.8, 4) is 0 Å². The van der Waals surface area contributed by atoms with Crippen LogP contribution in [0.25, 0.3) is 10.9 Å². The number of H-pyrrole nitrogens is 1. The first-order chi connectivity index (χ1) is 15.9. The van der Waals surface area contributed by atoms with Gasteiger partial charge in [0.05, 0.1) is 17.3 Å². The molecule has 33 heavy (non-hydrogen) atoms. The van der Waals surface area contributed by atoms with E-state index in [0.717, 1.165) is 22.0 Å². The standard InChI is InChI=1S/C27H26ClN3O2/c1-18-6-5-7-20(14-18)12-13-31(27(33)30-25-9-4-3-8-23(25)28)17-22-16-21-15-19(2)10-11-24(21)29-26(22)32/h3-11,14-16H,12-13,17H2,1-2H3,(H,29,32)(H,30,33). The summed E-state index contributed by atoms with van der Waals surface area (Å²) in [7, 11) is 0. The zero-order valence-corrected chi connectivity index (χ0v) is 19.4. The number of aromatic nitrogens is 1. The van der Waals surface area contributed by atoms with Crippen molar-refractivity contribution in [2.45, 2.75) is 26.8 Å². The average Bonchev–Trinajstić information content (AvgIpc) is 2.78. The van der Waals surface area contributed by atoms with Crippen molar-refractivity contribution >= 4 is 34.2 Å². The number of aryl methyl sites for hydroxylation is 2. The molecule has 2 amide bonds. The van der Waals surface area contributed by atoms with Crippen molar-refractivity contribution in [2.24, 2.45) is 0 Å². The summed E-state index contributed by atoms with van der Waals surface area (Å²) in [5.41, 5.74) is 5.06. The quantitative estimate of drug-likeness (QED) is 0.367. The zero-order chi connectivity index (χ0) is 23.4. The van der Waals surface area contributed by atoms with E-state index in [1.165, 1.54) is 5.56 Å². The van der Waals surface area contributed by atoms with Gasteiger partial charge in [0.25, 0.3) is 5.56 Å². The largest absolute Gasteiger partial charge is 0.322 e. The lowest BCUT2D eigenvalue weighted by molar-refractivity contribution is 0.209. The topological polar surface area (TPSA) is 65.2 Å². The van der Waals surface area contributed by atoms with E-state index in [-0.39, 0.29) is 18.1 Å². The van der Waals surface area contributed by atoms with Crippen LogP contribution < -0.4 is 10.9 Å². The third-order valence-corrected chi connectivity index (χ3v) is 5.92. The average molecular weight is 460 g/mol. The smallest absolute Gasteiger partial charge is 0.322 e. The third kappa shape index (κ3) is 5.62. The number of amides is 2. The van der Waals surface area contributed by atoms with E-state index in [2.05, 4.69) is 16.4 Å². The fourth-order valence-corrected chi connectivity index (χ4v) is 4.02. The Kier molecular flexibility index (Phi) is 6.80. The maximum absolute atomic E-state index is 13.2. The predicted octanol–water partition coefficient (Wildman–Crippen LogP) is 6.08. The number of carbonyl (C=O) groups is 1. The van der Waals surface area contributed by atoms with Crippen LogP contribution in [0.5, 0.6) is 0 Å². The van der Waals surface area contributed by atoms with E-state index in [1.807, 2.05) is 68.4 Å². The molecule has 0 aliphatic carbocycles. The normalized spacial score (nSPS) is 10.9. The van der Waals surface area contributed by atoms with E-state index in [0.29, 0.717) is 29.2 Å². The highest BCUT2D eigenvalue weighted by Gasteiger charge is 2.17. The van der Waals surface area contributed by atoms with Crippen LogP contribution in [0.4, 0.5) is 10.5 Å². The van der Waals surface area contributed by atoms with Crippen molar-refractivity contribution in [1.82, 2.24) is 9.88 Å². The highest BCUT2D eigenvalue weighted by atomic mass is 35.5. The second-order valence-electron chi connectivity index (χ2n) is 8.29. The second-order valence-corrected chi connectivity index (χ2v) is 8.69. The number of urea groups is 1. The van der Waals surface area contributed by atoms with Crippen LogP contribution in [0.2, 0.25) is 5.02 Å². The van der Waals surface area contributed by atoms with Crippen molar-refractivity contribution in [3.63, 3.8) is 0 Å². The van der Waals surface area contributed by atoms with Gasteiger partial charge >= 0.3 is 6.03 Å². The monoisotopic (exact) mass is 459 g/mol. The van der Waals surface area contributed by atoms with Gasteiger partial charge < -0.3 is 15.2 Å². The summed E-state index contributed by atoms with van der Waals surface area (Å²) in [4.78, 5) is 30.6. The summed E-state index contributed by atoms with van der Waals surface area (Å²) >= 11 is 6.24. The first kappa shape index (κ1) is 22.6. The molecule has 0 aliphatic heterocycles. The minimum Gasteiger partial charge on any atom is -0.322 e. The molecule has 2 N–H and O–H groups in total. The summed E-state index contributed by atoms with van der Waals surface area (Å²) < 4.78 is 0. The minimum absolute atomic E-state index is 0.182. The van der Waals surface area contributed by atoms with Gasteiger partial charge in [0.15, 0.2) is 0 Å². The number of halogens is 1. The highest BCUT2D eigenvalue weighted by Crippen LogP contribution is 2.21. The van der Waals surface area contributed by atoms with E-state index in [9.17, 15) is 9.59 Å². The molecule has 6 heteroatoms. The minimum atomic E-state index is -0.306. The van der Waals surface area contributed by atoms with E-state index in [1.54, 1.807) is 17.0 Å². The van der Waals surface area contributed by atoms with E-state index >= 15 is 0 Å². The van der Waals surface area contributed by atoms with Crippen molar-refractivity contribution in [1.29, 1.82) is 0 Å². The molecule has 0 radical (unpaired) electrons. The molecule has 4 aromatic rings. The lowest BCUT2D eigenvalue weighted by atomic mass is 10.1. The molecular formula is C27H26ClN3O2. The fourth-order valence-electron chi connectivity index (χ4n) is 3.84.